The standard InChI is InChI=1S/C21H27N3O3/c1-14-10-15(2)19(16(3)11-14)20(25)21(26)24-7-5-6-23(8-9-24)13-18-12-17(4)27-22-18/h10-12H,5-9,13H2,1-4H3. The molecule has 0 bridgehead atoms. The van der Waals surface area contributed by atoms with Gasteiger partial charge in [-0.05, 0) is 45.2 Å². The highest BCUT2D eigenvalue weighted by Crippen LogP contribution is 2.19. The van der Waals surface area contributed by atoms with Crippen molar-refractivity contribution in [1.82, 2.24) is 15.0 Å². The van der Waals surface area contributed by atoms with E-state index in [-0.39, 0.29) is 0 Å². The van der Waals surface area contributed by atoms with E-state index in [2.05, 4.69) is 10.1 Å². The number of rotatable bonds is 4. The molecular formula is C21H27N3O3. The molecule has 1 amide bonds. The summed E-state index contributed by atoms with van der Waals surface area (Å²) in [6, 6.07) is 5.84. The third-order valence-corrected chi connectivity index (χ3v) is 5.04. The molecule has 1 aromatic heterocycles. The second-order valence-electron chi connectivity index (χ2n) is 7.45. The summed E-state index contributed by atoms with van der Waals surface area (Å²) >= 11 is 0. The van der Waals surface area contributed by atoms with E-state index in [4.69, 9.17) is 4.52 Å². The van der Waals surface area contributed by atoms with Crippen LogP contribution in [0, 0.1) is 27.7 Å². The average Bonchev–Trinajstić information content (AvgIpc) is 2.86. The number of benzene rings is 1. The van der Waals surface area contributed by atoms with E-state index in [1.807, 2.05) is 45.9 Å². The Morgan fingerprint density at radius 3 is 2.33 bits per heavy atom. The third kappa shape index (κ3) is 4.45. The molecule has 144 valence electrons. The maximum atomic E-state index is 12.9. The van der Waals surface area contributed by atoms with Gasteiger partial charge in [-0.3, -0.25) is 14.5 Å². The van der Waals surface area contributed by atoms with Crippen LogP contribution >= 0.6 is 0 Å². The Kier molecular flexibility index (Phi) is 5.75. The van der Waals surface area contributed by atoms with Gasteiger partial charge in [0.2, 0.25) is 0 Å². The van der Waals surface area contributed by atoms with Crippen molar-refractivity contribution in [2.24, 2.45) is 0 Å². The molecule has 6 heteroatoms. The van der Waals surface area contributed by atoms with Crippen LogP contribution in [-0.4, -0.2) is 52.8 Å². The fourth-order valence-corrected chi connectivity index (χ4v) is 3.84. The lowest BCUT2D eigenvalue weighted by atomic mass is 9.96. The first kappa shape index (κ1) is 19.3. The fraction of sp³-hybridized carbons (Fsp3) is 0.476. The Labute approximate surface area is 160 Å². The molecule has 1 saturated heterocycles. The van der Waals surface area contributed by atoms with Crippen molar-refractivity contribution in [2.75, 3.05) is 26.2 Å². The van der Waals surface area contributed by atoms with Gasteiger partial charge in [-0.15, -0.1) is 0 Å². The second kappa shape index (κ2) is 8.05. The lowest BCUT2D eigenvalue weighted by molar-refractivity contribution is -0.126. The first-order chi connectivity index (χ1) is 12.8. The van der Waals surface area contributed by atoms with Crippen LogP contribution in [0.5, 0.6) is 0 Å². The third-order valence-electron chi connectivity index (χ3n) is 5.04. The number of ketones is 1. The smallest absolute Gasteiger partial charge is 0.295 e. The van der Waals surface area contributed by atoms with Gasteiger partial charge in [0.1, 0.15) is 5.76 Å². The van der Waals surface area contributed by atoms with Crippen LogP contribution in [0.3, 0.4) is 0 Å². The monoisotopic (exact) mass is 369 g/mol. The highest BCUT2D eigenvalue weighted by molar-refractivity contribution is 6.43. The molecule has 0 aliphatic carbocycles. The molecule has 2 aromatic rings. The van der Waals surface area contributed by atoms with Crippen LogP contribution in [0.2, 0.25) is 0 Å². The van der Waals surface area contributed by atoms with Crippen LogP contribution in [-0.2, 0) is 11.3 Å². The van der Waals surface area contributed by atoms with E-state index < -0.39 is 11.7 Å². The Balaban J connectivity index is 1.66. The first-order valence-electron chi connectivity index (χ1n) is 9.41. The van der Waals surface area contributed by atoms with E-state index in [1.54, 1.807) is 4.90 Å². The molecule has 27 heavy (non-hydrogen) atoms. The van der Waals surface area contributed by atoms with Crippen LogP contribution in [0.1, 0.15) is 44.9 Å². The molecular weight excluding hydrogens is 342 g/mol. The van der Waals surface area contributed by atoms with Crippen molar-refractivity contribution in [3.8, 4) is 0 Å². The number of hydrogen-bond donors (Lipinski definition) is 0. The maximum absolute atomic E-state index is 12.9. The van der Waals surface area contributed by atoms with Gasteiger partial charge in [0, 0.05) is 44.4 Å². The summed E-state index contributed by atoms with van der Waals surface area (Å²) in [5.41, 5.74) is 4.27. The predicted octanol–water partition coefficient (Wildman–Crippen LogP) is 2.83. The summed E-state index contributed by atoms with van der Waals surface area (Å²) in [5, 5.41) is 4.04. The minimum Gasteiger partial charge on any atom is -0.361 e. The minimum absolute atomic E-state index is 0.398. The quantitative estimate of drug-likeness (QED) is 0.612. The van der Waals surface area contributed by atoms with Gasteiger partial charge in [-0.1, -0.05) is 22.9 Å². The Bertz CT molecular complexity index is 833. The first-order valence-corrected chi connectivity index (χ1v) is 9.41. The number of nitrogens with zero attached hydrogens (tertiary/aromatic N) is 3. The highest BCUT2D eigenvalue weighted by atomic mass is 16.5. The van der Waals surface area contributed by atoms with Crippen LogP contribution in [0.4, 0.5) is 0 Å². The summed E-state index contributed by atoms with van der Waals surface area (Å²) < 4.78 is 5.12. The number of Topliss-reactive ketones (excluding diaryl/α,β-unsaturated/α-hetero) is 1. The average molecular weight is 369 g/mol. The number of aromatic nitrogens is 1. The van der Waals surface area contributed by atoms with Crippen molar-refractivity contribution in [3.63, 3.8) is 0 Å². The highest BCUT2D eigenvalue weighted by Gasteiger charge is 2.27. The molecule has 0 unspecified atom stereocenters. The fourth-order valence-electron chi connectivity index (χ4n) is 3.84. The topological polar surface area (TPSA) is 66.7 Å². The van der Waals surface area contributed by atoms with Crippen LogP contribution in [0.25, 0.3) is 0 Å². The van der Waals surface area contributed by atoms with E-state index in [0.717, 1.165) is 47.7 Å². The normalized spacial score (nSPS) is 15.6. The van der Waals surface area contributed by atoms with Gasteiger partial charge in [-0.25, -0.2) is 0 Å². The number of amides is 1. The Morgan fingerprint density at radius 2 is 1.70 bits per heavy atom. The zero-order valence-electron chi connectivity index (χ0n) is 16.5. The summed E-state index contributed by atoms with van der Waals surface area (Å²) in [4.78, 5) is 29.6. The molecule has 0 spiro atoms. The summed E-state index contributed by atoms with van der Waals surface area (Å²) in [6.07, 6.45) is 0.835. The van der Waals surface area contributed by atoms with Gasteiger partial charge in [0.25, 0.3) is 11.7 Å². The van der Waals surface area contributed by atoms with Crippen molar-refractivity contribution in [2.45, 2.75) is 40.7 Å². The lowest BCUT2D eigenvalue weighted by Gasteiger charge is -2.21. The number of aryl methyl sites for hydroxylation is 4. The van der Waals surface area contributed by atoms with E-state index in [1.165, 1.54) is 0 Å². The molecule has 0 saturated carbocycles. The zero-order chi connectivity index (χ0) is 19.6. The van der Waals surface area contributed by atoms with Crippen LogP contribution < -0.4 is 0 Å². The second-order valence-corrected chi connectivity index (χ2v) is 7.45. The molecule has 3 rings (SSSR count). The van der Waals surface area contributed by atoms with E-state index in [9.17, 15) is 9.59 Å². The van der Waals surface area contributed by atoms with Gasteiger partial charge in [0.05, 0.1) is 5.69 Å². The van der Waals surface area contributed by atoms with Crippen molar-refractivity contribution < 1.29 is 14.1 Å². The van der Waals surface area contributed by atoms with E-state index in [0.29, 0.717) is 25.2 Å². The largest absolute Gasteiger partial charge is 0.361 e. The molecule has 1 aliphatic rings. The van der Waals surface area contributed by atoms with Crippen molar-refractivity contribution >= 4 is 11.7 Å². The SMILES string of the molecule is Cc1cc(C)c(C(=O)C(=O)N2CCCN(Cc3cc(C)on3)CC2)c(C)c1. The molecule has 0 atom stereocenters. The Hall–Kier alpha value is -2.47. The summed E-state index contributed by atoms with van der Waals surface area (Å²) in [7, 11) is 0. The van der Waals surface area contributed by atoms with E-state index >= 15 is 0 Å². The van der Waals surface area contributed by atoms with Gasteiger partial charge in [-0.2, -0.15) is 0 Å². The lowest BCUT2D eigenvalue weighted by Crippen LogP contribution is -2.39. The van der Waals surface area contributed by atoms with Gasteiger partial charge >= 0.3 is 0 Å². The number of carbonyl (C=O) groups is 2. The molecule has 0 radical (unpaired) electrons. The summed E-state index contributed by atoms with van der Waals surface area (Å²) in [5.74, 6) is 0.000759. The number of carbonyl (C=O) groups excluding carboxylic acids is 2. The predicted molar refractivity (Wildman–Crippen MR) is 103 cm³/mol. The molecule has 1 aromatic carbocycles. The molecule has 0 N–H and O–H groups in total. The minimum atomic E-state index is -0.399. The van der Waals surface area contributed by atoms with Crippen molar-refractivity contribution in [1.29, 1.82) is 0 Å². The molecule has 6 nitrogen and oxygen atoms in total. The van der Waals surface area contributed by atoms with Crippen LogP contribution in [0.15, 0.2) is 22.7 Å². The Morgan fingerprint density at radius 1 is 1.00 bits per heavy atom. The zero-order valence-corrected chi connectivity index (χ0v) is 16.5. The maximum Gasteiger partial charge on any atom is 0.295 e. The molecule has 1 fully saturated rings. The molecule has 1 aliphatic heterocycles. The van der Waals surface area contributed by atoms with Gasteiger partial charge < -0.3 is 9.42 Å². The van der Waals surface area contributed by atoms with Crippen molar-refractivity contribution in [3.05, 3.63) is 51.9 Å². The molecule has 2 heterocycles. The van der Waals surface area contributed by atoms with Gasteiger partial charge in [0.15, 0.2) is 0 Å². The number of hydrogen-bond acceptors (Lipinski definition) is 5. The summed E-state index contributed by atoms with van der Waals surface area (Å²) in [6.45, 7) is 11.1.